The van der Waals surface area contributed by atoms with Crippen LogP contribution in [0.2, 0.25) is 0 Å². The SMILES string of the molecule is c1ccc2c(c#1)Oc1ccccc1C21c2ccccc2-c2c(N(c3ccccc3)c3ccc4c(c3)-c3ccccc3C43c4ccccc4Oc4ccccc43)cccc21. The summed E-state index contributed by atoms with van der Waals surface area (Å²) in [6.45, 7) is 0. The van der Waals surface area contributed by atoms with Crippen LogP contribution in [0.15, 0.2) is 200 Å². The van der Waals surface area contributed by atoms with Gasteiger partial charge in [0.25, 0.3) is 0 Å². The molecule has 3 heteroatoms. The summed E-state index contributed by atoms with van der Waals surface area (Å²) in [5.74, 6) is 3.33. The monoisotopic (exact) mass is 751 g/mol. The maximum atomic E-state index is 6.61. The number of hydrogen-bond acceptors (Lipinski definition) is 3. The van der Waals surface area contributed by atoms with Crippen LogP contribution in [0.25, 0.3) is 22.3 Å². The van der Waals surface area contributed by atoms with Crippen LogP contribution >= 0.6 is 0 Å². The van der Waals surface area contributed by atoms with E-state index in [-0.39, 0.29) is 0 Å². The molecule has 0 fully saturated rings. The molecule has 59 heavy (non-hydrogen) atoms. The van der Waals surface area contributed by atoms with Crippen molar-refractivity contribution < 1.29 is 9.47 Å². The molecule has 2 heterocycles. The summed E-state index contributed by atoms with van der Waals surface area (Å²) in [6, 6.07) is 78.7. The van der Waals surface area contributed by atoms with Gasteiger partial charge in [0.2, 0.25) is 0 Å². The van der Waals surface area contributed by atoms with E-state index in [9.17, 15) is 0 Å². The number of benzene rings is 8. The van der Waals surface area contributed by atoms with Crippen LogP contribution in [-0.2, 0) is 10.8 Å². The van der Waals surface area contributed by atoms with Crippen LogP contribution in [0.3, 0.4) is 0 Å². The highest BCUT2D eigenvalue weighted by molar-refractivity contribution is 5.99. The van der Waals surface area contributed by atoms with Gasteiger partial charge in [-0.05, 0) is 106 Å². The minimum Gasteiger partial charge on any atom is -0.457 e. The van der Waals surface area contributed by atoms with Crippen LogP contribution in [0.1, 0.15) is 44.5 Å². The average molecular weight is 752 g/mol. The van der Waals surface area contributed by atoms with E-state index in [1.165, 1.54) is 44.5 Å². The van der Waals surface area contributed by atoms with Crippen molar-refractivity contribution in [3.63, 3.8) is 0 Å². The molecular formula is C56H33NO2. The topological polar surface area (TPSA) is 21.7 Å². The first-order valence-corrected chi connectivity index (χ1v) is 20.2. The second-order valence-electron chi connectivity index (χ2n) is 15.7. The molecule has 2 aliphatic heterocycles. The first-order chi connectivity index (χ1) is 29.3. The average Bonchev–Trinajstić information content (AvgIpc) is 3.76. The lowest BCUT2D eigenvalue weighted by Gasteiger charge is -2.39. The fraction of sp³-hybridized carbons (Fsp3) is 0.0357. The molecule has 0 amide bonds. The summed E-state index contributed by atoms with van der Waals surface area (Å²) in [7, 11) is 0. The molecule has 2 aliphatic carbocycles. The molecule has 0 N–H and O–H groups in total. The second-order valence-corrected chi connectivity index (χ2v) is 15.7. The van der Waals surface area contributed by atoms with E-state index in [4.69, 9.17) is 9.47 Å². The lowest BCUT2D eigenvalue weighted by molar-refractivity contribution is 0.436. The third-order valence-corrected chi connectivity index (χ3v) is 13.1. The van der Waals surface area contributed by atoms with E-state index < -0.39 is 10.8 Å². The summed E-state index contributed by atoms with van der Waals surface area (Å²) < 4.78 is 13.2. The predicted octanol–water partition coefficient (Wildman–Crippen LogP) is 13.7. The van der Waals surface area contributed by atoms with E-state index in [0.717, 1.165) is 56.6 Å². The molecule has 1 atom stereocenters. The number of fused-ring (bicyclic) bond motifs is 18. The molecule has 9 aromatic carbocycles. The fourth-order valence-electron chi connectivity index (χ4n) is 10.9. The van der Waals surface area contributed by atoms with Crippen LogP contribution in [-0.4, -0.2) is 0 Å². The van der Waals surface area contributed by atoms with Crippen molar-refractivity contribution >= 4 is 17.1 Å². The van der Waals surface area contributed by atoms with Crippen molar-refractivity contribution in [2.24, 2.45) is 0 Å². The van der Waals surface area contributed by atoms with Gasteiger partial charge in [-0.15, -0.1) is 0 Å². The Balaban J connectivity index is 1.09. The number of hydrogen-bond donors (Lipinski definition) is 0. The Morgan fingerprint density at radius 2 is 0.915 bits per heavy atom. The lowest BCUT2D eigenvalue weighted by Crippen LogP contribution is -2.32. The van der Waals surface area contributed by atoms with Crippen LogP contribution in [0.4, 0.5) is 17.1 Å². The van der Waals surface area contributed by atoms with Crippen molar-refractivity contribution in [3.05, 3.63) is 257 Å². The Bertz CT molecular complexity index is 3110. The Hall–Kier alpha value is -7.80. The van der Waals surface area contributed by atoms with E-state index in [1.54, 1.807) is 0 Å². The summed E-state index contributed by atoms with van der Waals surface area (Å²) in [5.41, 5.74) is 16.5. The largest absolute Gasteiger partial charge is 0.457 e. The Morgan fingerprint density at radius 1 is 0.373 bits per heavy atom. The highest BCUT2D eigenvalue weighted by Crippen LogP contribution is 2.65. The standard InChI is InChI=1S/C56H33NO2/c1-2-17-36(18-3-1)57(37-33-34-43-40(35-37)38-19-4-6-21-41(38)55(43)44-23-8-12-29-50(44)58-51-30-13-9-24-45(51)55)49-28-16-27-48-54(49)39-20-5-7-22-42(39)56(48)46-25-10-14-31-52(46)59-53-32-15-11-26-47(53)56/h1-14,16-31,33-35H. The quantitative estimate of drug-likeness (QED) is 0.179. The summed E-state index contributed by atoms with van der Waals surface area (Å²) >= 11 is 0. The van der Waals surface area contributed by atoms with Crippen molar-refractivity contribution in [3.8, 4) is 45.3 Å². The van der Waals surface area contributed by atoms with Crippen LogP contribution < -0.4 is 14.4 Å². The lowest BCUT2D eigenvalue weighted by atomic mass is 9.66. The van der Waals surface area contributed by atoms with E-state index in [0.29, 0.717) is 5.75 Å². The third-order valence-electron chi connectivity index (χ3n) is 13.1. The molecule has 4 aliphatic rings. The smallest absolute Gasteiger partial charge is 0.182 e. The van der Waals surface area contributed by atoms with E-state index in [2.05, 4.69) is 205 Å². The van der Waals surface area contributed by atoms with Gasteiger partial charge in [-0.25, -0.2) is 0 Å². The van der Waals surface area contributed by atoms with Gasteiger partial charge in [0, 0.05) is 39.2 Å². The normalized spacial score (nSPS) is 14.5. The molecule has 9 aromatic rings. The minimum absolute atomic E-state index is 0.537. The molecule has 0 bridgehead atoms. The van der Waals surface area contributed by atoms with Crippen LogP contribution in [0.5, 0.6) is 23.0 Å². The summed E-state index contributed by atoms with van der Waals surface area (Å²) in [5, 5.41) is 0. The highest BCUT2D eigenvalue weighted by Gasteiger charge is 2.53. The molecule has 0 saturated heterocycles. The molecule has 3 nitrogen and oxygen atoms in total. The van der Waals surface area contributed by atoms with Gasteiger partial charge in [-0.2, -0.15) is 0 Å². The zero-order valence-corrected chi connectivity index (χ0v) is 31.8. The van der Waals surface area contributed by atoms with Gasteiger partial charge >= 0.3 is 0 Å². The first kappa shape index (κ1) is 32.3. The van der Waals surface area contributed by atoms with Crippen molar-refractivity contribution in [2.75, 3.05) is 4.90 Å². The zero-order chi connectivity index (χ0) is 38.7. The molecule has 2 spiro atoms. The molecule has 0 saturated carbocycles. The third kappa shape index (κ3) is 4.07. The number of para-hydroxylation sites is 4. The van der Waals surface area contributed by atoms with Gasteiger partial charge in [0.05, 0.1) is 16.5 Å². The van der Waals surface area contributed by atoms with Gasteiger partial charge < -0.3 is 14.4 Å². The number of anilines is 3. The molecule has 1 unspecified atom stereocenters. The van der Waals surface area contributed by atoms with E-state index >= 15 is 0 Å². The Kier molecular flexibility index (Phi) is 6.50. The molecule has 274 valence electrons. The zero-order valence-electron chi connectivity index (χ0n) is 31.8. The van der Waals surface area contributed by atoms with Crippen molar-refractivity contribution in [1.82, 2.24) is 0 Å². The number of nitrogens with zero attached hydrogens (tertiary/aromatic N) is 1. The molecule has 0 aromatic heterocycles. The van der Waals surface area contributed by atoms with Crippen LogP contribution in [0, 0.1) is 12.1 Å². The minimum atomic E-state index is -0.618. The van der Waals surface area contributed by atoms with Gasteiger partial charge in [-0.3, -0.25) is 0 Å². The van der Waals surface area contributed by atoms with E-state index in [1.807, 2.05) is 12.1 Å². The van der Waals surface area contributed by atoms with Gasteiger partial charge in [0.15, 0.2) is 5.75 Å². The Labute approximate surface area is 343 Å². The Morgan fingerprint density at radius 3 is 1.63 bits per heavy atom. The highest BCUT2D eigenvalue weighted by atomic mass is 16.5. The fourth-order valence-corrected chi connectivity index (χ4v) is 10.9. The molecular weight excluding hydrogens is 719 g/mol. The molecule has 0 radical (unpaired) electrons. The maximum absolute atomic E-state index is 6.61. The summed E-state index contributed by atoms with van der Waals surface area (Å²) in [6.07, 6.45) is 0. The number of rotatable bonds is 3. The van der Waals surface area contributed by atoms with Gasteiger partial charge in [0.1, 0.15) is 17.2 Å². The predicted molar refractivity (Wildman–Crippen MR) is 234 cm³/mol. The van der Waals surface area contributed by atoms with Crippen molar-refractivity contribution in [2.45, 2.75) is 10.8 Å². The second kappa shape index (κ2) is 11.9. The summed E-state index contributed by atoms with van der Waals surface area (Å²) in [4.78, 5) is 2.45. The first-order valence-electron chi connectivity index (χ1n) is 20.2. The maximum Gasteiger partial charge on any atom is 0.182 e. The van der Waals surface area contributed by atoms with Crippen molar-refractivity contribution in [1.29, 1.82) is 0 Å². The van der Waals surface area contributed by atoms with Gasteiger partial charge in [-0.1, -0.05) is 146 Å². The number of ether oxygens (including phenoxy) is 2. The molecule has 13 rings (SSSR count).